The summed E-state index contributed by atoms with van der Waals surface area (Å²) in [7, 11) is 1.61. The molecular formula is C29H27FN4O3. The highest BCUT2D eigenvalue weighted by Gasteiger charge is 2.49. The van der Waals surface area contributed by atoms with Crippen LogP contribution < -0.4 is 15.0 Å². The molecule has 2 fully saturated rings. The van der Waals surface area contributed by atoms with Gasteiger partial charge in [-0.25, -0.2) is 9.07 Å². The number of anilines is 1. The van der Waals surface area contributed by atoms with Gasteiger partial charge in [-0.2, -0.15) is 5.10 Å². The van der Waals surface area contributed by atoms with Gasteiger partial charge in [0, 0.05) is 17.0 Å². The first-order chi connectivity index (χ1) is 17.9. The van der Waals surface area contributed by atoms with Crippen molar-refractivity contribution in [1.29, 1.82) is 0 Å². The molecule has 2 heterocycles. The first-order valence-electron chi connectivity index (χ1n) is 12.5. The first kappa shape index (κ1) is 23.2. The molecule has 0 spiro atoms. The Morgan fingerprint density at radius 2 is 1.81 bits per heavy atom. The van der Waals surface area contributed by atoms with Crippen LogP contribution in [0.5, 0.6) is 5.75 Å². The highest BCUT2D eigenvalue weighted by atomic mass is 19.1. The quantitative estimate of drug-likeness (QED) is 0.415. The highest BCUT2D eigenvalue weighted by Crippen LogP contribution is 2.42. The number of hydrogen-bond acceptors (Lipinski definition) is 4. The maximum Gasteiger partial charge on any atom is 0.232 e. The fraction of sp³-hybridized carbons (Fsp3) is 0.276. The lowest BCUT2D eigenvalue weighted by atomic mass is 9.94. The fourth-order valence-electron chi connectivity index (χ4n) is 5.20. The molecule has 3 atom stereocenters. The van der Waals surface area contributed by atoms with Crippen LogP contribution in [0.15, 0.2) is 72.9 Å². The minimum Gasteiger partial charge on any atom is -0.497 e. The molecule has 7 nitrogen and oxygen atoms in total. The second-order valence-corrected chi connectivity index (χ2v) is 9.80. The van der Waals surface area contributed by atoms with Crippen molar-refractivity contribution in [3.63, 3.8) is 0 Å². The topological polar surface area (TPSA) is 76.5 Å². The monoisotopic (exact) mass is 498 g/mol. The summed E-state index contributed by atoms with van der Waals surface area (Å²) in [5.41, 5.74) is 3.19. The van der Waals surface area contributed by atoms with E-state index in [-0.39, 0.29) is 29.6 Å². The number of methoxy groups -OCH3 is 1. The molecule has 2 amide bonds. The zero-order valence-electron chi connectivity index (χ0n) is 20.6. The number of benzene rings is 3. The van der Waals surface area contributed by atoms with Crippen LogP contribution in [0.4, 0.5) is 10.1 Å². The molecule has 37 heavy (non-hydrogen) atoms. The first-order valence-corrected chi connectivity index (χ1v) is 12.5. The normalized spacial score (nSPS) is 21.4. The summed E-state index contributed by atoms with van der Waals surface area (Å²) in [5, 5.41) is 8.52. The minimum absolute atomic E-state index is 0.00965. The maximum absolute atomic E-state index is 13.7. The lowest BCUT2D eigenvalue weighted by Gasteiger charge is -2.30. The third-order valence-corrected chi connectivity index (χ3v) is 7.38. The number of halogens is 1. The predicted molar refractivity (Wildman–Crippen MR) is 138 cm³/mol. The van der Waals surface area contributed by atoms with Gasteiger partial charge >= 0.3 is 0 Å². The van der Waals surface area contributed by atoms with Crippen LogP contribution in [0.1, 0.15) is 31.4 Å². The van der Waals surface area contributed by atoms with Crippen LogP contribution in [-0.2, 0) is 9.59 Å². The Morgan fingerprint density at radius 3 is 2.54 bits per heavy atom. The van der Waals surface area contributed by atoms with E-state index in [4.69, 9.17) is 4.74 Å². The molecule has 6 rings (SSSR count). The number of amides is 2. The minimum atomic E-state index is -0.406. The number of aromatic nitrogens is 2. The standard InChI is InChI=1S/C29H27FN4O3/c1-17-26(32-28(35)18-6-7-18)27(19-4-3-5-24(15-19)37-2)33(29(17)36)23-12-13-25-20(14-23)16-31-34(25)22-10-8-21(30)9-11-22/h3-5,8-18,26-27H,6-7H2,1-2H3,(H,32,35). The molecule has 1 aliphatic carbocycles. The molecular weight excluding hydrogens is 471 g/mol. The third-order valence-electron chi connectivity index (χ3n) is 7.38. The Balaban J connectivity index is 1.42. The van der Waals surface area contributed by atoms with Gasteiger partial charge in [-0.05, 0) is 73.0 Å². The Hall–Kier alpha value is -4.20. The Kier molecular flexibility index (Phi) is 5.67. The Bertz CT molecular complexity index is 1490. The molecule has 1 N–H and O–H groups in total. The van der Waals surface area contributed by atoms with E-state index in [0.29, 0.717) is 5.75 Å². The molecule has 3 unspecified atom stereocenters. The molecule has 1 aromatic heterocycles. The van der Waals surface area contributed by atoms with Gasteiger partial charge in [0.1, 0.15) is 11.6 Å². The molecule has 1 aliphatic heterocycles. The van der Waals surface area contributed by atoms with Gasteiger partial charge in [0.15, 0.2) is 0 Å². The van der Waals surface area contributed by atoms with Crippen LogP contribution in [0, 0.1) is 17.7 Å². The fourth-order valence-corrected chi connectivity index (χ4v) is 5.20. The summed E-state index contributed by atoms with van der Waals surface area (Å²) in [6.45, 7) is 1.87. The Morgan fingerprint density at radius 1 is 1.05 bits per heavy atom. The lowest BCUT2D eigenvalue weighted by Crippen LogP contribution is -2.42. The Labute approximate surface area is 213 Å². The van der Waals surface area contributed by atoms with Crippen LogP contribution in [0.25, 0.3) is 16.6 Å². The van der Waals surface area contributed by atoms with E-state index in [1.807, 2.05) is 49.4 Å². The van der Waals surface area contributed by atoms with E-state index in [1.54, 1.807) is 35.0 Å². The van der Waals surface area contributed by atoms with Crippen molar-refractivity contribution < 1.29 is 18.7 Å². The summed E-state index contributed by atoms with van der Waals surface area (Å²) in [6.07, 6.45) is 3.52. The largest absolute Gasteiger partial charge is 0.497 e. The number of ether oxygens (including phenoxy) is 1. The van der Waals surface area contributed by atoms with Crippen molar-refractivity contribution in [2.45, 2.75) is 31.8 Å². The van der Waals surface area contributed by atoms with Gasteiger partial charge in [-0.3, -0.25) is 9.59 Å². The van der Waals surface area contributed by atoms with Crippen molar-refractivity contribution >= 4 is 28.4 Å². The summed E-state index contributed by atoms with van der Waals surface area (Å²) >= 11 is 0. The van der Waals surface area contributed by atoms with Gasteiger partial charge in [0.05, 0.1) is 42.5 Å². The predicted octanol–water partition coefficient (Wildman–Crippen LogP) is 4.79. The molecule has 0 radical (unpaired) electrons. The summed E-state index contributed by atoms with van der Waals surface area (Å²) < 4.78 is 20.6. The van der Waals surface area contributed by atoms with Crippen molar-refractivity contribution in [3.8, 4) is 11.4 Å². The second kappa shape index (κ2) is 9.03. The third kappa shape index (κ3) is 4.12. The second-order valence-electron chi connectivity index (χ2n) is 9.80. The number of fused-ring (bicyclic) bond motifs is 1. The van der Waals surface area contributed by atoms with E-state index < -0.39 is 12.0 Å². The van der Waals surface area contributed by atoms with Crippen LogP contribution in [0.3, 0.4) is 0 Å². The average Bonchev–Trinajstić information content (AvgIpc) is 3.65. The summed E-state index contributed by atoms with van der Waals surface area (Å²) in [6, 6.07) is 18.8. The number of hydrogen-bond donors (Lipinski definition) is 1. The molecule has 4 aromatic rings. The molecule has 8 heteroatoms. The van der Waals surface area contributed by atoms with Crippen molar-refractivity contribution in [2.24, 2.45) is 11.8 Å². The zero-order valence-corrected chi connectivity index (χ0v) is 20.6. The van der Waals surface area contributed by atoms with Gasteiger partial charge in [-0.15, -0.1) is 0 Å². The average molecular weight is 499 g/mol. The SMILES string of the molecule is COc1cccc(C2C(NC(=O)C3CC3)C(C)C(=O)N2c2ccc3c(cnn3-c3ccc(F)cc3)c2)c1. The lowest BCUT2D eigenvalue weighted by molar-refractivity contribution is -0.123. The number of carbonyl (C=O) groups excluding carboxylic acids is 2. The smallest absolute Gasteiger partial charge is 0.232 e. The number of carbonyl (C=O) groups is 2. The van der Waals surface area contributed by atoms with Gasteiger partial charge in [0.25, 0.3) is 0 Å². The van der Waals surface area contributed by atoms with Crippen molar-refractivity contribution in [2.75, 3.05) is 12.0 Å². The van der Waals surface area contributed by atoms with Gasteiger partial charge in [0.2, 0.25) is 11.8 Å². The summed E-state index contributed by atoms with van der Waals surface area (Å²) in [5.74, 6) is -0.0362. The molecule has 1 saturated heterocycles. The van der Waals surface area contributed by atoms with Crippen LogP contribution >= 0.6 is 0 Å². The van der Waals surface area contributed by atoms with E-state index in [9.17, 15) is 14.0 Å². The molecule has 188 valence electrons. The van der Waals surface area contributed by atoms with Crippen molar-refractivity contribution in [3.05, 3.63) is 84.3 Å². The van der Waals surface area contributed by atoms with Gasteiger partial charge < -0.3 is 15.0 Å². The zero-order chi connectivity index (χ0) is 25.7. The van der Waals surface area contributed by atoms with Crippen molar-refractivity contribution in [1.82, 2.24) is 15.1 Å². The van der Waals surface area contributed by atoms with Crippen LogP contribution in [-0.4, -0.2) is 34.7 Å². The van der Waals surface area contributed by atoms with E-state index in [0.717, 1.165) is 40.7 Å². The molecule has 2 aliphatic rings. The summed E-state index contributed by atoms with van der Waals surface area (Å²) in [4.78, 5) is 28.3. The molecule has 3 aromatic carbocycles. The van der Waals surface area contributed by atoms with E-state index in [2.05, 4.69) is 10.4 Å². The van der Waals surface area contributed by atoms with E-state index >= 15 is 0 Å². The molecule has 1 saturated carbocycles. The number of nitrogens with zero attached hydrogens (tertiary/aromatic N) is 3. The maximum atomic E-state index is 13.7. The highest BCUT2D eigenvalue weighted by molar-refractivity contribution is 6.01. The van der Waals surface area contributed by atoms with Gasteiger partial charge in [-0.1, -0.05) is 19.1 Å². The number of nitrogens with one attached hydrogen (secondary N) is 1. The van der Waals surface area contributed by atoms with E-state index in [1.165, 1.54) is 12.1 Å². The van der Waals surface area contributed by atoms with Crippen LogP contribution in [0.2, 0.25) is 0 Å². The molecule has 0 bridgehead atoms. The number of rotatable bonds is 6.